The Kier molecular flexibility index (Phi) is 4.19. The van der Waals surface area contributed by atoms with E-state index >= 15 is 0 Å². The summed E-state index contributed by atoms with van der Waals surface area (Å²) in [6.45, 7) is 7.44. The SMILES string of the molecule is CCC(C)Cn1c(C(C)NC(=O)C2CC2)nc2ccccc21. The highest BCUT2D eigenvalue weighted by molar-refractivity contribution is 5.81. The fraction of sp³-hybridized carbons (Fsp3) is 0.556. The topological polar surface area (TPSA) is 46.9 Å². The third-order valence-corrected chi connectivity index (χ3v) is 4.57. The zero-order chi connectivity index (χ0) is 15.7. The van der Waals surface area contributed by atoms with E-state index < -0.39 is 0 Å². The number of amides is 1. The lowest BCUT2D eigenvalue weighted by Crippen LogP contribution is -2.30. The summed E-state index contributed by atoms with van der Waals surface area (Å²) in [5, 5.41) is 3.13. The molecule has 0 saturated heterocycles. The van der Waals surface area contributed by atoms with Crippen molar-refractivity contribution in [2.45, 2.75) is 52.6 Å². The smallest absolute Gasteiger partial charge is 0.223 e. The zero-order valence-electron chi connectivity index (χ0n) is 13.7. The van der Waals surface area contributed by atoms with Crippen LogP contribution in [0.1, 0.15) is 51.9 Å². The van der Waals surface area contributed by atoms with E-state index in [2.05, 4.69) is 29.8 Å². The summed E-state index contributed by atoms with van der Waals surface area (Å²) in [6, 6.07) is 8.17. The van der Waals surface area contributed by atoms with E-state index in [-0.39, 0.29) is 17.9 Å². The molecule has 2 unspecified atom stereocenters. The Hall–Kier alpha value is -1.84. The van der Waals surface area contributed by atoms with Gasteiger partial charge in [0.15, 0.2) is 0 Å². The number of para-hydroxylation sites is 2. The fourth-order valence-electron chi connectivity index (χ4n) is 2.80. The number of carbonyl (C=O) groups excluding carboxylic acids is 1. The maximum absolute atomic E-state index is 12.0. The highest BCUT2D eigenvalue weighted by Crippen LogP contribution is 2.30. The number of fused-ring (bicyclic) bond motifs is 1. The molecular formula is C18H25N3O. The molecule has 1 heterocycles. The van der Waals surface area contributed by atoms with Crippen molar-refractivity contribution in [1.82, 2.24) is 14.9 Å². The molecule has 0 aliphatic heterocycles. The lowest BCUT2D eigenvalue weighted by atomic mass is 10.1. The minimum atomic E-state index is -0.0513. The molecule has 1 N–H and O–H groups in total. The third-order valence-electron chi connectivity index (χ3n) is 4.57. The van der Waals surface area contributed by atoms with Crippen molar-refractivity contribution in [2.24, 2.45) is 11.8 Å². The maximum atomic E-state index is 12.0. The number of benzene rings is 1. The van der Waals surface area contributed by atoms with Crippen molar-refractivity contribution >= 4 is 16.9 Å². The molecule has 2 aromatic rings. The number of rotatable bonds is 6. The first kappa shape index (κ1) is 15.1. The average Bonchev–Trinajstić information content (AvgIpc) is 3.30. The lowest BCUT2D eigenvalue weighted by molar-refractivity contribution is -0.123. The summed E-state index contributed by atoms with van der Waals surface area (Å²) in [5.41, 5.74) is 2.17. The van der Waals surface area contributed by atoms with Crippen molar-refractivity contribution in [2.75, 3.05) is 0 Å². The van der Waals surface area contributed by atoms with E-state index in [0.29, 0.717) is 5.92 Å². The molecule has 1 fully saturated rings. The van der Waals surface area contributed by atoms with Crippen LogP contribution >= 0.6 is 0 Å². The highest BCUT2D eigenvalue weighted by Gasteiger charge is 2.31. The first-order chi connectivity index (χ1) is 10.6. The van der Waals surface area contributed by atoms with Crippen LogP contribution < -0.4 is 5.32 Å². The third kappa shape index (κ3) is 3.01. The second-order valence-electron chi connectivity index (χ2n) is 6.59. The van der Waals surface area contributed by atoms with Gasteiger partial charge >= 0.3 is 0 Å². The van der Waals surface area contributed by atoms with Crippen LogP contribution in [0.2, 0.25) is 0 Å². The van der Waals surface area contributed by atoms with Crippen LogP contribution in [0.15, 0.2) is 24.3 Å². The van der Waals surface area contributed by atoms with Gasteiger partial charge in [0.2, 0.25) is 5.91 Å². The Morgan fingerprint density at radius 1 is 1.36 bits per heavy atom. The predicted octanol–water partition coefficient (Wildman–Crippen LogP) is 3.67. The van der Waals surface area contributed by atoms with Gasteiger partial charge in [-0.25, -0.2) is 4.98 Å². The number of hydrogen-bond acceptors (Lipinski definition) is 2. The first-order valence-corrected chi connectivity index (χ1v) is 8.35. The largest absolute Gasteiger partial charge is 0.346 e. The number of hydrogen-bond donors (Lipinski definition) is 1. The van der Waals surface area contributed by atoms with Gasteiger partial charge in [0, 0.05) is 12.5 Å². The fourth-order valence-corrected chi connectivity index (χ4v) is 2.80. The highest BCUT2D eigenvalue weighted by atomic mass is 16.2. The molecule has 1 aliphatic carbocycles. The molecule has 0 bridgehead atoms. The quantitative estimate of drug-likeness (QED) is 0.884. The molecule has 1 amide bonds. The molecule has 1 aliphatic rings. The Labute approximate surface area is 131 Å². The van der Waals surface area contributed by atoms with Gasteiger partial charge in [-0.3, -0.25) is 4.79 Å². The normalized spacial score (nSPS) is 17.4. The van der Waals surface area contributed by atoms with Gasteiger partial charge in [0.05, 0.1) is 17.1 Å². The van der Waals surface area contributed by atoms with Gasteiger partial charge in [-0.1, -0.05) is 32.4 Å². The molecular weight excluding hydrogens is 274 g/mol. The first-order valence-electron chi connectivity index (χ1n) is 8.35. The van der Waals surface area contributed by atoms with E-state index in [9.17, 15) is 4.79 Å². The van der Waals surface area contributed by atoms with Gasteiger partial charge in [-0.05, 0) is 37.8 Å². The van der Waals surface area contributed by atoms with Crippen LogP contribution in [-0.4, -0.2) is 15.5 Å². The summed E-state index contributed by atoms with van der Waals surface area (Å²) in [5.74, 6) is 1.96. The molecule has 2 atom stereocenters. The predicted molar refractivity (Wildman–Crippen MR) is 88.5 cm³/mol. The number of nitrogens with one attached hydrogen (secondary N) is 1. The van der Waals surface area contributed by atoms with E-state index in [1.54, 1.807) is 0 Å². The van der Waals surface area contributed by atoms with Gasteiger partial charge in [-0.2, -0.15) is 0 Å². The number of carbonyl (C=O) groups is 1. The number of nitrogens with zero attached hydrogens (tertiary/aromatic N) is 2. The van der Waals surface area contributed by atoms with Gasteiger partial charge in [0.1, 0.15) is 5.82 Å². The standard InChI is InChI=1S/C18H25N3O/c1-4-12(2)11-21-16-8-6-5-7-15(16)20-17(21)13(3)19-18(22)14-9-10-14/h5-8,12-14H,4,9-11H2,1-3H3,(H,19,22). The lowest BCUT2D eigenvalue weighted by Gasteiger charge is -2.18. The van der Waals surface area contributed by atoms with Crippen molar-refractivity contribution < 1.29 is 4.79 Å². The summed E-state index contributed by atoms with van der Waals surface area (Å²) in [6.07, 6.45) is 3.19. The van der Waals surface area contributed by atoms with E-state index in [1.165, 1.54) is 0 Å². The van der Waals surface area contributed by atoms with E-state index in [4.69, 9.17) is 4.98 Å². The molecule has 4 nitrogen and oxygen atoms in total. The van der Waals surface area contributed by atoms with Crippen molar-refractivity contribution in [3.63, 3.8) is 0 Å². The molecule has 1 aromatic carbocycles. The summed E-state index contributed by atoms with van der Waals surface area (Å²) in [4.78, 5) is 16.8. The monoisotopic (exact) mass is 299 g/mol. The molecule has 1 saturated carbocycles. The molecule has 118 valence electrons. The molecule has 0 radical (unpaired) electrons. The van der Waals surface area contributed by atoms with Gasteiger partial charge < -0.3 is 9.88 Å². The molecule has 1 aromatic heterocycles. The van der Waals surface area contributed by atoms with Crippen LogP contribution in [0.3, 0.4) is 0 Å². The summed E-state index contributed by atoms with van der Waals surface area (Å²) < 4.78 is 2.28. The molecule has 0 spiro atoms. The minimum Gasteiger partial charge on any atom is -0.346 e. The van der Waals surface area contributed by atoms with Crippen molar-refractivity contribution in [1.29, 1.82) is 0 Å². The minimum absolute atomic E-state index is 0.0513. The average molecular weight is 299 g/mol. The van der Waals surface area contributed by atoms with Crippen LogP contribution in [-0.2, 0) is 11.3 Å². The summed E-state index contributed by atoms with van der Waals surface area (Å²) >= 11 is 0. The van der Waals surface area contributed by atoms with Crippen LogP contribution in [0.5, 0.6) is 0 Å². The van der Waals surface area contributed by atoms with Crippen LogP contribution in [0.25, 0.3) is 11.0 Å². The zero-order valence-corrected chi connectivity index (χ0v) is 13.7. The van der Waals surface area contributed by atoms with Crippen LogP contribution in [0, 0.1) is 11.8 Å². The number of imidazole rings is 1. The van der Waals surface area contributed by atoms with Crippen molar-refractivity contribution in [3.05, 3.63) is 30.1 Å². The Bertz CT molecular complexity index is 672. The Balaban J connectivity index is 1.92. The van der Waals surface area contributed by atoms with Crippen LogP contribution in [0.4, 0.5) is 0 Å². The molecule has 4 heteroatoms. The van der Waals surface area contributed by atoms with Gasteiger partial charge in [0.25, 0.3) is 0 Å². The van der Waals surface area contributed by atoms with E-state index in [0.717, 1.165) is 42.7 Å². The van der Waals surface area contributed by atoms with Gasteiger partial charge in [-0.15, -0.1) is 0 Å². The Morgan fingerprint density at radius 3 is 2.77 bits per heavy atom. The van der Waals surface area contributed by atoms with Crippen molar-refractivity contribution in [3.8, 4) is 0 Å². The second kappa shape index (κ2) is 6.11. The molecule has 22 heavy (non-hydrogen) atoms. The molecule has 3 rings (SSSR count). The maximum Gasteiger partial charge on any atom is 0.223 e. The Morgan fingerprint density at radius 2 is 2.09 bits per heavy atom. The number of aromatic nitrogens is 2. The van der Waals surface area contributed by atoms with E-state index in [1.807, 2.05) is 25.1 Å². The summed E-state index contributed by atoms with van der Waals surface area (Å²) in [7, 11) is 0. The second-order valence-corrected chi connectivity index (χ2v) is 6.59.